The van der Waals surface area contributed by atoms with Crippen molar-refractivity contribution < 1.29 is 32.2 Å². The van der Waals surface area contributed by atoms with E-state index in [4.69, 9.17) is 4.74 Å². The number of aryl methyl sites for hydroxylation is 1. The Morgan fingerprint density at radius 3 is 2.54 bits per heavy atom. The number of pyridine rings is 1. The lowest BCUT2D eigenvalue weighted by atomic mass is 10.1. The zero-order valence-electron chi connectivity index (χ0n) is 19.5. The summed E-state index contributed by atoms with van der Waals surface area (Å²) in [6, 6.07) is 7.90. The van der Waals surface area contributed by atoms with Gasteiger partial charge in [0.1, 0.15) is 27.9 Å². The van der Waals surface area contributed by atoms with Crippen LogP contribution in [-0.4, -0.2) is 41.2 Å². The Balaban J connectivity index is 1.94. The van der Waals surface area contributed by atoms with E-state index >= 15 is 0 Å². The Morgan fingerprint density at radius 2 is 1.89 bits per heavy atom. The largest absolute Gasteiger partial charge is 0.596 e. The molecule has 0 saturated heterocycles. The number of nitrogens with zero attached hydrogens (tertiary/aromatic N) is 3. The minimum Gasteiger partial charge on any atom is -0.596 e. The number of alkyl halides is 3. The van der Waals surface area contributed by atoms with Gasteiger partial charge >= 0.3 is 14.2 Å². The van der Waals surface area contributed by atoms with Crippen LogP contribution in [0.1, 0.15) is 28.0 Å². The van der Waals surface area contributed by atoms with Crippen LogP contribution in [0.25, 0.3) is 0 Å². The van der Waals surface area contributed by atoms with Crippen molar-refractivity contribution in [3.8, 4) is 5.75 Å². The first-order chi connectivity index (χ1) is 17.5. The highest BCUT2D eigenvalue weighted by molar-refractivity contribution is 9.10. The van der Waals surface area contributed by atoms with E-state index in [1.807, 2.05) is 0 Å². The summed E-state index contributed by atoms with van der Waals surface area (Å²) in [5.41, 5.74) is -0.0955. The maximum absolute atomic E-state index is 13.7. The molecule has 2 aromatic heterocycles. The third kappa shape index (κ3) is 7.57. The van der Waals surface area contributed by atoms with Crippen LogP contribution in [0, 0.1) is 0 Å². The van der Waals surface area contributed by atoms with E-state index < -0.39 is 31.5 Å². The van der Waals surface area contributed by atoms with Crippen molar-refractivity contribution in [3.05, 3.63) is 58.0 Å². The fourth-order valence-corrected chi connectivity index (χ4v) is 3.95. The Kier molecular flexibility index (Phi) is 9.35. The van der Waals surface area contributed by atoms with Crippen LogP contribution in [-0.2, 0) is 17.2 Å². The lowest BCUT2D eigenvalue weighted by molar-refractivity contribution is -0.164. The van der Waals surface area contributed by atoms with Crippen LogP contribution in [0.3, 0.4) is 0 Å². The lowest BCUT2D eigenvalue weighted by Gasteiger charge is -2.17. The number of hydrogen-bond acceptors (Lipinski definition) is 9. The van der Waals surface area contributed by atoms with Gasteiger partial charge in [-0.1, -0.05) is 10.6 Å². The highest BCUT2D eigenvalue weighted by Gasteiger charge is 2.36. The first-order valence-electron chi connectivity index (χ1n) is 10.7. The summed E-state index contributed by atoms with van der Waals surface area (Å²) in [6.45, 7) is 0. The normalized spacial score (nSPS) is 11.6. The molecule has 15 heteroatoms. The summed E-state index contributed by atoms with van der Waals surface area (Å²) >= 11 is 3.14. The van der Waals surface area contributed by atoms with Crippen LogP contribution in [0.4, 0.5) is 36.3 Å². The van der Waals surface area contributed by atoms with Crippen molar-refractivity contribution in [3.63, 3.8) is 0 Å². The molecule has 1 atom stereocenters. The molecule has 1 aromatic carbocycles. The van der Waals surface area contributed by atoms with Gasteiger partial charge in [-0.15, -0.1) is 0 Å². The number of halogens is 4. The number of benzene rings is 1. The van der Waals surface area contributed by atoms with E-state index in [2.05, 4.69) is 46.8 Å². The van der Waals surface area contributed by atoms with E-state index in [9.17, 15) is 27.4 Å². The summed E-state index contributed by atoms with van der Waals surface area (Å²) < 4.78 is 57.6. The maximum Gasteiger partial charge on any atom is 0.421 e. The monoisotopic (exact) mass is 600 g/mol. The number of methoxy groups -OCH3 is 1. The van der Waals surface area contributed by atoms with Gasteiger partial charge in [0.25, 0.3) is 5.91 Å². The number of amides is 1. The van der Waals surface area contributed by atoms with Gasteiger partial charge in [0.2, 0.25) is 5.95 Å². The third-order valence-corrected chi connectivity index (χ3v) is 6.09. The molecule has 10 nitrogen and oxygen atoms in total. The van der Waals surface area contributed by atoms with Gasteiger partial charge in [-0.3, -0.25) is 4.79 Å². The smallest absolute Gasteiger partial charge is 0.421 e. The van der Waals surface area contributed by atoms with Crippen LogP contribution < -0.4 is 25.6 Å². The van der Waals surface area contributed by atoms with Gasteiger partial charge in [0.05, 0.1) is 18.5 Å². The second-order valence-electron chi connectivity index (χ2n) is 7.51. The number of ether oxygens (including phenoxy) is 1. The molecule has 2 heterocycles. The number of anilines is 4. The molecule has 0 spiro atoms. The van der Waals surface area contributed by atoms with E-state index in [0.717, 1.165) is 5.56 Å². The molecule has 0 bridgehead atoms. The van der Waals surface area contributed by atoms with Crippen molar-refractivity contribution in [2.24, 2.45) is 0 Å². The van der Waals surface area contributed by atoms with Crippen LogP contribution >= 0.6 is 24.0 Å². The first kappa shape index (κ1) is 28.2. The topological polar surface area (TPSA) is 141 Å². The zero-order valence-corrected chi connectivity index (χ0v) is 22.0. The molecule has 1 amide bonds. The standard InChI is InChI=1S/C22H21BrF3N6O4P/c1-27-20(33)18-15(7-8-17(23)31-18)29-19-13(22(24,25)26)11-28-21(32-19)30-14-6-5-12(10-16(14)36-2)4-3-9-37(34)35/h5-8,10-11H,3-4,9H2,1-2H3,(H,27,33)(H2,28,29,30,32). The minimum absolute atomic E-state index is 0.000500. The molecule has 37 heavy (non-hydrogen) atoms. The summed E-state index contributed by atoms with van der Waals surface area (Å²) in [5, 5.41) is 7.77. The van der Waals surface area contributed by atoms with E-state index in [0.29, 0.717) is 35.1 Å². The molecular weight excluding hydrogens is 580 g/mol. The molecule has 0 saturated carbocycles. The molecule has 0 fully saturated rings. The minimum atomic E-state index is -4.79. The van der Waals surface area contributed by atoms with E-state index in [1.165, 1.54) is 26.3 Å². The fraction of sp³-hybridized carbons (Fsp3) is 0.273. The molecule has 1 unspecified atom stereocenters. The molecule has 0 aliphatic carbocycles. The van der Waals surface area contributed by atoms with Crippen molar-refractivity contribution >= 4 is 53.0 Å². The molecule has 0 radical (unpaired) electrons. The average Bonchev–Trinajstić information content (AvgIpc) is 2.84. The summed E-state index contributed by atoms with van der Waals surface area (Å²) in [5.74, 6) is -1.02. The Bertz CT molecular complexity index is 1310. The Hall–Kier alpha value is -3.35. The van der Waals surface area contributed by atoms with Crippen LogP contribution in [0.15, 0.2) is 41.1 Å². The molecule has 3 N–H and O–H groups in total. The molecule has 196 valence electrons. The van der Waals surface area contributed by atoms with Gasteiger partial charge in [-0.05, 0) is 58.6 Å². The zero-order chi connectivity index (χ0) is 27.2. The van der Waals surface area contributed by atoms with Crippen molar-refractivity contribution in [2.45, 2.75) is 19.0 Å². The highest BCUT2D eigenvalue weighted by Crippen LogP contribution is 2.36. The summed E-state index contributed by atoms with van der Waals surface area (Å²) in [4.78, 5) is 34.8. The quantitative estimate of drug-likeness (QED) is 0.226. The van der Waals surface area contributed by atoms with Crippen LogP contribution in [0.2, 0.25) is 0 Å². The molecule has 3 aromatic rings. The summed E-state index contributed by atoms with van der Waals surface area (Å²) in [6.07, 6.45) is -3.17. The van der Waals surface area contributed by atoms with Crippen molar-refractivity contribution in [1.82, 2.24) is 20.3 Å². The maximum atomic E-state index is 13.7. The van der Waals surface area contributed by atoms with Gasteiger partial charge in [-0.25, -0.2) is 9.97 Å². The Morgan fingerprint density at radius 1 is 1.16 bits per heavy atom. The number of nitrogens with one attached hydrogen (secondary N) is 3. The molecule has 0 aliphatic rings. The van der Waals surface area contributed by atoms with Crippen LogP contribution in [0.5, 0.6) is 5.75 Å². The van der Waals surface area contributed by atoms with Crippen molar-refractivity contribution in [1.29, 1.82) is 0 Å². The number of hydrogen-bond donors (Lipinski definition) is 3. The average molecular weight is 601 g/mol. The molecule has 3 rings (SSSR count). The predicted molar refractivity (Wildman–Crippen MR) is 133 cm³/mol. The predicted octanol–water partition coefficient (Wildman–Crippen LogP) is 4.54. The third-order valence-electron chi connectivity index (χ3n) is 4.97. The van der Waals surface area contributed by atoms with Gasteiger partial charge in [0.15, 0.2) is 5.69 Å². The van der Waals surface area contributed by atoms with Gasteiger partial charge in [0, 0.05) is 13.2 Å². The second-order valence-corrected chi connectivity index (χ2v) is 9.43. The van der Waals surface area contributed by atoms with Gasteiger partial charge in [-0.2, -0.15) is 18.2 Å². The lowest BCUT2D eigenvalue weighted by Crippen LogP contribution is -2.21. The summed E-state index contributed by atoms with van der Waals surface area (Å²) in [7, 11) is 0.321. The second kappa shape index (κ2) is 12.3. The SMILES string of the molecule is CNC(=O)c1nc(Br)ccc1Nc1nc(Nc2ccc(CCC[P+](=O)[O-])cc2OC)ncc1C(F)(F)F. The Labute approximate surface area is 219 Å². The number of aromatic nitrogens is 3. The van der Waals surface area contributed by atoms with Crippen molar-refractivity contribution in [2.75, 3.05) is 31.0 Å². The molecule has 0 aliphatic heterocycles. The van der Waals surface area contributed by atoms with Gasteiger partial charge < -0.3 is 25.6 Å². The van der Waals surface area contributed by atoms with E-state index in [1.54, 1.807) is 18.2 Å². The fourth-order valence-electron chi connectivity index (χ4n) is 3.23. The highest BCUT2D eigenvalue weighted by atomic mass is 79.9. The number of rotatable bonds is 10. The number of carbonyl (C=O) groups excluding carboxylic acids is 1. The first-order valence-corrected chi connectivity index (χ1v) is 12.8. The molecular formula is C22H21BrF3N6O4P. The van der Waals surface area contributed by atoms with E-state index in [-0.39, 0.29) is 23.5 Å². The number of carbonyl (C=O) groups is 1.